The van der Waals surface area contributed by atoms with Gasteiger partial charge in [-0.1, -0.05) is 38.0 Å². The van der Waals surface area contributed by atoms with Crippen molar-refractivity contribution in [2.45, 2.75) is 45.1 Å². The van der Waals surface area contributed by atoms with Gasteiger partial charge in [0.2, 0.25) is 5.91 Å². The van der Waals surface area contributed by atoms with Crippen LogP contribution >= 0.6 is 0 Å². The third kappa shape index (κ3) is 3.60. The summed E-state index contributed by atoms with van der Waals surface area (Å²) in [6.07, 6.45) is 5.73. The number of rotatable bonds is 6. The molecule has 1 aliphatic rings. The smallest absolute Gasteiger partial charge is 0.244 e. The minimum atomic E-state index is 0.0563. The second-order valence-electron chi connectivity index (χ2n) is 5.67. The number of likely N-dealkylation sites (N-methyl/N-ethyl adjacent to an activating group) is 1. The van der Waals surface area contributed by atoms with Crippen molar-refractivity contribution < 1.29 is 4.79 Å². The van der Waals surface area contributed by atoms with Gasteiger partial charge in [-0.05, 0) is 45.0 Å². The summed E-state index contributed by atoms with van der Waals surface area (Å²) in [5, 5.41) is 0. The number of nitrogens with zero attached hydrogens (tertiary/aromatic N) is 2. The molecule has 3 nitrogen and oxygen atoms in total. The second-order valence-corrected chi connectivity index (χ2v) is 5.67. The molecule has 1 saturated heterocycles. The first-order valence-electron chi connectivity index (χ1n) is 7.80. The highest BCUT2D eigenvalue weighted by Crippen LogP contribution is 2.23. The Morgan fingerprint density at radius 3 is 2.70 bits per heavy atom. The van der Waals surface area contributed by atoms with Crippen molar-refractivity contribution in [1.29, 1.82) is 0 Å². The molecule has 1 amide bonds. The number of carbonyl (C=O) groups excluding carboxylic acids is 1. The van der Waals surface area contributed by atoms with Gasteiger partial charge in [0.05, 0.1) is 6.04 Å². The Hall–Kier alpha value is -1.35. The lowest BCUT2D eigenvalue weighted by Crippen LogP contribution is -2.51. The molecule has 0 bridgehead atoms. The topological polar surface area (TPSA) is 23.6 Å². The van der Waals surface area contributed by atoms with Gasteiger partial charge in [-0.25, -0.2) is 0 Å². The Labute approximate surface area is 122 Å². The van der Waals surface area contributed by atoms with E-state index in [-0.39, 0.29) is 11.9 Å². The predicted octanol–water partition coefficient (Wildman–Crippen LogP) is 3.30. The molecule has 1 unspecified atom stereocenters. The Morgan fingerprint density at radius 1 is 1.25 bits per heavy atom. The van der Waals surface area contributed by atoms with Crippen LogP contribution in [-0.4, -0.2) is 37.0 Å². The first kappa shape index (κ1) is 15.0. The molecule has 0 spiro atoms. The maximum Gasteiger partial charge on any atom is 0.244 e. The van der Waals surface area contributed by atoms with Gasteiger partial charge < -0.3 is 4.90 Å². The van der Waals surface area contributed by atoms with E-state index in [1.165, 1.54) is 19.3 Å². The molecule has 1 aromatic rings. The van der Waals surface area contributed by atoms with E-state index in [1.54, 1.807) is 0 Å². The Kier molecular flexibility index (Phi) is 5.60. The third-order valence-corrected chi connectivity index (χ3v) is 4.12. The molecule has 2 rings (SSSR count). The van der Waals surface area contributed by atoms with Gasteiger partial charge in [0, 0.05) is 12.2 Å². The average Bonchev–Trinajstić information content (AvgIpc) is 2.48. The summed E-state index contributed by atoms with van der Waals surface area (Å²) in [6, 6.07) is 10.1. The predicted molar refractivity (Wildman–Crippen MR) is 84.0 cm³/mol. The summed E-state index contributed by atoms with van der Waals surface area (Å²) < 4.78 is 0. The van der Waals surface area contributed by atoms with Gasteiger partial charge in [-0.3, -0.25) is 9.69 Å². The van der Waals surface area contributed by atoms with Gasteiger partial charge in [-0.15, -0.1) is 0 Å². The van der Waals surface area contributed by atoms with Crippen molar-refractivity contribution in [2.24, 2.45) is 0 Å². The van der Waals surface area contributed by atoms with E-state index >= 15 is 0 Å². The zero-order valence-corrected chi connectivity index (χ0v) is 12.7. The van der Waals surface area contributed by atoms with Crippen LogP contribution in [-0.2, 0) is 4.79 Å². The van der Waals surface area contributed by atoms with Crippen LogP contribution in [0.15, 0.2) is 30.3 Å². The van der Waals surface area contributed by atoms with Crippen molar-refractivity contribution >= 4 is 11.6 Å². The van der Waals surface area contributed by atoms with E-state index in [4.69, 9.17) is 0 Å². The van der Waals surface area contributed by atoms with Crippen LogP contribution in [0.5, 0.6) is 0 Å². The summed E-state index contributed by atoms with van der Waals surface area (Å²) in [5.41, 5.74) is 1.03. The molecule has 0 N–H and O–H groups in total. The van der Waals surface area contributed by atoms with E-state index in [2.05, 4.69) is 18.9 Å². The third-order valence-electron chi connectivity index (χ3n) is 4.12. The number of benzene rings is 1. The molecule has 20 heavy (non-hydrogen) atoms. The van der Waals surface area contributed by atoms with Gasteiger partial charge in [-0.2, -0.15) is 0 Å². The van der Waals surface area contributed by atoms with Crippen LogP contribution in [0.1, 0.15) is 39.0 Å². The highest BCUT2D eigenvalue weighted by Gasteiger charge is 2.31. The van der Waals surface area contributed by atoms with Crippen LogP contribution in [0.4, 0.5) is 5.69 Å². The number of hydrogen-bond donors (Lipinski definition) is 0. The molecule has 0 aliphatic carbocycles. The van der Waals surface area contributed by atoms with Crippen molar-refractivity contribution in [3.8, 4) is 0 Å². The number of unbranched alkanes of at least 4 members (excludes halogenated alkanes) is 2. The lowest BCUT2D eigenvalue weighted by Gasteiger charge is -2.36. The van der Waals surface area contributed by atoms with E-state index < -0.39 is 0 Å². The van der Waals surface area contributed by atoms with E-state index in [9.17, 15) is 4.79 Å². The van der Waals surface area contributed by atoms with Gasteiger partial charge >= 0.3 is 0 Å². The van der Waals surface area contributed by atoms with Crippen LogP contribution < -0.4 is 4.90 Å². The minimum Gasteiger partial charge on any atom is -0.311 e. The van der Waals surface area contributed by atoms with Crippen LogP contribution in [0.3, 0.4) is 0 Å². The molecule has 110 valence electrons. The molecule has 3 heteroatoms. The number of carbonyl (C=O) groups is 1. The molecule has 1 atom stereocenters. The molecule has 0 radical (unpaired) electrons. The Bertz CT molecular complexity index is 418. The highest BCUT2D eigenvalue weighted by molar-refractivity contribution is 5.97. The van der Waals surface area contributed by atoms with Crippen molar-refractivity contribution in [2.75, 3.05) is 25.0 Å². The normalized spacial score (nSPS) is 19.6. The van der Waals surface area contributed by atoms with E-state index in [1.807, 2.05) is 35.2 Å². The van der Waals surface area contributed by atoms with Crippen molar-refractivity contribution in [1.82, 2.24) is 4.90 Å². The fourth-order valence-electron chi connectivity index (χ4n) is 2.90. The number of anilines is 1. The number of para-hydroxylation sites is 1. The summed E-state index contributed by atoms with van der Waals surface area (Å²) in [4.78, 5) is 16.9. The van der Waals surface area contributed by atoms with Gasteiger partial charge in [0.15, 0.2) is 0 Å². The molecular weight excluding hydrogens is 248 g/mol. The second kappa shape index (κ2) is 7.44. The highest BCUT2D eigenvalue weighted by atomic mass is 16.2. The first-order chi connectivity index (χ1) is 9.74. The number of amides is 1. The van der Waals surface area contributed by atoms with Crippen molar-refractivity contribution in [3.05, 3.63) is 30.3 Å². The largest absolute Gasteiger partial charge is 0.311 e. The standard InChI is InChI=1S/C17H26N2O/c1-3-4-8-13-18(2)16-12-9-14-19(17(16)20)15-10-6-5-7-11-15/h5-7,10-11,16H,3-4,8-9,12-14H2,1-2H3. The molecule has 1 aromatic carbocycles. The van der Waals surface area contributed by atoms with E-state index in [0.717, 1.165) is 31.6 Å². The zero-order valence-electron chi connectivity index (χ0n) is 12.7. The average molecular weight is 274 g/mol. The minimum absolute atomic E-state index is 0.0563. The summed E-state index contributed by atoms with van der Waals surface area (Å²) in [5.74, 6) is 0.265. The maximum absolute atomic E-state index is 12.7. The Balaban J connectivity index is 1.99. The van der Waals surface area contributed by atoms with Gasteiger partial charge in [0.25, 0.3) is 0 Å². The first-order valence-corrected chi connectivity index (χ1v) is 7.80. The number of hydrogen-bond acceptors (Lipinski definition) is 2. The molecule has 0 aromatic heterocycles. The molecule has 1 aliphatic heterocycles. The quantitative estimate of drug-likeness (QED) is 0.743. The molecule has 0 saturated carbocycles. The lowest BCUT2D eigenvalue weighted by atomic mass is 10.0. The maximum atomic E-state index is 12.7. The lowest BCUT2D eigenvalue weighted by molar-refractivity contribution is -0.124. The number of piperidine rings is 1. The van der Waals surface area contributed by atoms with Crippen molar-refractivity contribution in [3.63, 3.8) is 0 Å². The summed E-state index contributed by atoms with van der Waals surface area (Å²) in [7, 11) is 2.09. The SMILES string of the molecule is CCCCCN(C)C1CCCN(c2ccccc2)C1=O. The van der Waals surface area contributed by atoms with Gasteiger partial charge in [0.1, 0.15) is 0 Å². The monoisotopic (exact) mass is 274 g/mol. The molecular formula is C17H26N2O. The molecule has 1 heterocycles. The van der Waals surface area contributed by atoms with Crippen LogP contribution in [0, 0.1) is 0 Å². The zero-order chi connectivity index (χ0) is 14.4. The summed E-state index contributed by atoms with van der Waals surface area (Å²) >= 11 is 0. The molecule has 1 fully saturated rings. The van der Waals surface area contributed by atoms with Crippen LogP contribution in [0.25, 0.3) is 0 Å². The van der Waals surface area contributed by atoms with Crippen LogP contribution in [0.2, 0.25) is 0 Å². The van der Waals surface area contributed by atoms with E-state index in [0.29, 0.717) is 0 Å². The fraction of sp³-hybridized carbons (Fsp3) is 0.588. The summed E-state index contributed by atoms with van der Waals surface area (Å²) in [6.45, 7) is 4.08. The fourth-order valence-corrected chi connectivity index (χ4v) is 2.90. The Morgan fingerprint density at radius 2 is 2.00 bits per heavy atom.